The third-order valence-electron chi connectivity index (χ3n) is 4.10. The summed E-state index contributed by atoms with van der Waals surface area (Å²) < 4.78 is 18.6. The molecule has 1 aromatic heterocycles. The lowest BCUT2D eigenvalue weighted by Gasteiger charge is -2.33. The van der Waals surface area contributed by atoms with Gasteiger partial charge in [-0.3, -0.25) is 9.69 Å². The van der Waals surface area contributed by atoms with Crippen LogP contribution in [0.1, 0.15) is 11.5 Å². The fourth-order valence-corrected chi connectivity index (χ4v) is 2.67. The van der Waals surface area contributed by atoms with Crippen LogP contribution in [-0.2, 0) is 11.3 Å². The van der Waals surface area contributed by atoms with Crippen molar-refractivity contribution in [3.8, 4) is 11.4 Å². The van der Waals surface area contributed by atoms with Crippen LogP contribution in [0, 0.1) is 12.7 Å². The summed E-state index contributed by atoms with van der Waals surface area (Å²) in [6.45, 7) is 4.22. The van der Waals surface area contributed by atoms with Crippen LogP contribution in [0.15, 0.2) is 22.7 Å². The van der Waals surface area contributed by atoms with Crippen LogP contribution in [0.5, 0.6) is 0 Å². The smallest absolute Gasteiger partial charge is 0.248 e. The fourth-order valence-electron chi connectivity index (χ4n) is 2.67. The van der Waals surface area contributed by atoms with Crippen molar-refractivity contribution in [2.24, 2.45) is 0 Å². The Hall–Kier alpha value is -2.32. The van der Waals surface area contributed by atoms with E-state index in [1.165, 1.54) is 6.07 Å². The number of piperazine rings is 1. The first kappa shape index (κ1) is 16.5. The molecule has 8 heteroatoms. The Morgan fingerprint density at radius 1 is 1.33 bits per heavy atom. The molecule has 1 N–H and O–H groups in total. The van der Waals surface area contributed by atoms with E-state index in [-0.39, 0.29) is 11.7 Å². The number of carbonyl (C=O) groups is 1. The van der Waals surface area contributed by atoms with Crippen LogP contribution >= 0.6 is 0 Å². The summed E-state index contributed by atoms with van der Waals surface area (Å²) in [5.74, 6) is 0.398. The zero-order chi connectivity index (χ0) is 17.1. The third kappa shape index (κ3) is 3.60. The van der Waals surface area contributed by atoms with E-state index >= 15 is 0 Å². The standard InChI is InChI=1S/C16H19FN4O3/c1-11-8-12(2-3-13(11)17)16-18-14(24-19-16)9-20-4-6-21(7-5-20)15(23)10-22/h2-3,8,22H,4-7,9-10H2,1H3. The van der Waals surface area contributed by atoms with Gasteiger partial charge in [0.15, 0.2) is 0 Å². The molecular formula is C16H19FN4O3. The van der Waals surface area contributed by atoms with E-state index in [9.17, 15) is 9.18 Å². The average molecular weight is 334 g/mol. The monoisotopic (exact) mass is 334 g/mol. The van der Waals surface area contributed by atoms with Crippen molar-refractivity contribution in [1.29, 1.82) is 0 Å². The largest absolute Gasteiger partial charge is 0.387 e. The zero-order valence-electron chi connectivity index (χ0n) is 13.4. The summed E-state index contributed by atoms with van der Waals surface area (Å²) >= 11 is 0. The van der Waals surface area contributed by atoms with Gasteiger partial charge in [-0.1, -0.05) is 5.16 Å². The lowest BCUT2D eigenvalue weighted by molar-refractivity contribution is -0.136. The molecule has 0 atom stereocenters. The first-order valence-electron chi connectivity index (χ1n) is 7.77. The highest BCUT2D eigenvalue weighted by Gasteiger charge is 2.22. The number of nitrogens with zero attached hydrogens (tertiary/aromatic N) is 4. The number of aryl methyl sites for hydroxylation is 1. The molecule has 0 bridgehead atoms. The Balaban J connectivity index is 1.61. The molecular weight excluding hydrogens is 315 g/mol. The first-order chi connectivity index (χ1) is 11.6. The molecule has 1 aliphatic heterocycles. The van der Waals surface area contributed by atoms with Gasteiger partial charge in [0, 0.05) is 31.7 Å². The number of aliphatic hydroxyl groups excluding tert-OH is 1. The second-order valence-corrected chi connectivity index (χ2v) is 5.79. The molecule has 24 heavy (non-hydrogen) atoms. The Morgan fingerprint density at radius 2 is 2.08 bits per heavy atom. The van der Waals surface area contributed by atoms with Gasteiger partial charge in [-0.15, -0.1) is 0 Å². The minimum Gasteiger partial charge on any atom is -0.387 e. The zero-order valence-corrected chi connectivity index (χ0v) is 13.4. The predicted octanol–water partition coefficient (Wildman–Crippen LogP) is 0.821. The molecule has 1 aliphatic rings. The predicted molar refractivity (Wildman–Crippen MR) is 83.4 cm³/mol. The summed E-state index contributed by atoms with van der Waals surface area (Å²) in [6.07, 6.45) is 0. The van der Waals surface area contributed by atoms with Crippen molar-refractivity contribution in [2.45, 2.75) is 13.5 Å². The van der Waals surface area contributed by atoms with E-state index in [4.69, 9.17) is 9.63 Å². The molecule has 1 aromatic carbocycles. The van der Waals surface area contributed by atoms with Gasteiger partial charge in [-0.25, -0.2) is 4.39 Å². The van der Waals surface area contributed by atoms with Gasteiger partial charge in [0.25, 0.3) is 0 Å². The van der Waals surface area contributed by atoms with Crippen molar-refractivity contribution in [1.82, 2.24) is 19.9 Å². The minimum absolute atomic E-state index is 0.249. The maximum atomic E-state index is 13.3. The molecule has 0 unspecified atom stereocenters. The first-order valence-corrected chi connectivity index (χ1v) is 7.77. The van der Waals surface area contributed by atoms with Gasteiger partial charge in [-0.2, -0.15) is 4.98 Å². The summed E-state index contributed by atoms with van der Waals surface area (Å²) in [5.41, 5.74) is 1.24. The van der Waals surface area contributed by atoms with Gasteiger partial charge in [0.2, 0.25) is 17.6 Å². The normalized spacial score (nSPS) is 15.7. The van der Waals surface area contributed by atoms with Crippen LogP contribution in [0.25, 0.3) is 11.4 Å². The van der Waals surface area contributed by atoms with Gasteiger partial charge < -0.3 is 14.5 Å². The highest BCUT2D eigenvalue weighted by atomic mass is 19.1. The van der Waals surface area contributed by atoms with Crippen molar-refractivity contribution < 1.29 is 18.8 Å². The minimum atomic E-state index is -0.454. The highest BCUT2D eigenvalue weighted by Crippen LogP contribution is 2.19. The molecule has 3 rings (SSSR count). The number of rotatable bonds is 4. The van der Waals surface area contributed by atoms with E-state index in [0.717, 1.165) is 0 Å². The maximum Gasteiger partial charge on any atom is 0.248 e. The van der Waals surface area contributed by atoms with E-state index < -0.39 is 6.61 Å². The number of aromatic nitrogens is 2. The lowest BCUT2D eigenvalue weighted by Crippen LogP contribution is -2.49. The molecule has 2 aromatic rings. The quantitative estimate of drug-likeness (QED) is 0.891. The Bertz CT molecular complexity index is 726. The third-order valence-corrected chi connectivity index (χ3v) is 4.10. The second kappa shape index (κ2) is 7.06. The van der Waals surface area contributed by atoms with Crippen molar-refractivity contribution in [2.75, 3.05) is 32.8 Å². The van der Waals surface area contributed by atoms with E-state index in [0.29, 0.717) is 55.6 Å². The number of amides is 1. The number of hydrogen-bond donors (Lipinski definition) is 1. The van der Waals surface area contributed by atoms with Crippen molar-refractivity contribution in [3.05, 3.63) is 35.5 Å². The Labute approximate surface area is 138 Å². The SMILES string of the molecule is Cc1cc(-c2noc(CN3CCN(C(=O)CO)CC3)n2)ccc1F. The molecule has 1 saturated heterocycles. The molecule has 2 heterocycles. The number of benzene rings is 1. The van der Waals surface area contributed by atoms with Crippen LogP contribution in [0.4, 0.5) is 4.39 Å². The topological polar surface area (TPSA) is 82.7 Å². The molecule has 0 aliphatic carbocycles. The average Bonchev–Trinajstić information content (AvgIpc) is 3.06. The second-order valence-electron chi connectivity index (χ2n) is 5.79. The summed E-state index contributed by atoms with van der Waals surface area (Å²) in [7, 11) is 0. The van der Waals surface area contributed by atoms with Gasteiger partial charge in [0.1, 0.15) is 12.4 Å². The maximum absolute atomic E-state index is 13.3. The van der Waals surface area contributed by atoms with Crippen molar-refractivity contribution >= 4 is 5.91 Å². The molecule has 0 spiro atoms. The van der Waals surface area contributed by atoms with E-state index in [1.54, 1.807) is 24.0 Å². The highest BCUT2D eigenvalue weighted by molar-refractivity contribution is 5.77. The van der Waals surface area contributed by atoms with Crippen LogP contribution in [0.2, 0.25) is 0 Å². The fraction of sp³-hybridized carbons (Fsp3) is 0.438. The summed E-state index contributed by atoms with van der Waals surface area (Å²) in [6, 6.07) is 4.69. The lowest BCUT2D eigenvalue weighted by atomic mass is 10.1. The molecule has 1 fully saturated rings. The number of aliphatic hydroxyl groups is 1. The van der Waals surface area contributed by atoms with Crippen LogP contribution in [0.3, 0.4) is 0 Å². The molecule has 128 valence electrons. The number of carbonyl (C=O) groups excluding carboxylic acids is 1. The Morgan fingerprint density at radius 3 is 2.75 bits per heavy atom. The van der Waals surface area contributed by atoms with Crippen molar-refractivity contribution in [3.63, 3.8) is 0 Å². The Kier molecular flexibility index (Phi) is 4.86. The van der Waals surface area contributed by atoms with E-state index in [2.05, 4.69) is 15.0 Å². The van der Waals surface area contributed by atoms with Gasteiger partial charge in [0.05, 0.1) is 6.54 Å². The van der Waals surface area contributed by atoms with E-state index in [1.807, 2.05) is 0 Å². The van der Waals surface area contributed by atoms with Crippen LogP contribution < -0.4 is 0 Å². The van der Waals surface area contributed by atoms with Gasteiger partial charge in [-0.05, 0) is 30.7 Å². The number of hydrogen-bond acceptors (Lipinski definition) is 6. The molecule has 7 nitrogen and oxygen atoms in total. The summed E-state index contributed by atoms with van der Waals surface area (Å²) in [5, 5.41) is 12.8. The molecule has 0 radical (unpaired) electrons. The molecule has 1 amide bonds. The summed E-state index contributed by atoms with van der Waals surface area (Å²) in [4.78, 5) is 19.5. The van der Waals surface area contributed by atoms with Gasteiger partial charge >= 0.3 is 0 Å². The van der Waals surface area contributed by atoms with Crippen LogP contribution in [-0.4, -0.2) is 63.7 Å². The number of halogens is 1. The molecule has 0 saturated carbocycles.